The number of H-pyrrole nitrogens is 1. The molecule has 0 saturated heterocycles. The summed E-state index contributed by atoms with van der Waals surface area (Å²) in [5.41, 5.74) is 2.83. The first-order chi connectivity index (χ1) is 6.20. The molecule has 0 spiro atoms. The molecule has 74 valence electrons. The summed E-state index contributed by atoms with van der Waals surface area (Å²) in [7, 11) is 0. The number of rotatable bonds is 5. The van der Waals surface area contributed by atoms with E-state index in [0.29, 0.717) is 0 Å². The summed E-state index contributed by atoms with van der Waals surface area (Å²) in [5.74, 6) is 0.854. The van der Waals surface area contributed by atoms with Crippen LogP contribution in [0.25, 0.3) is 0 Å². The topological polar surface area (TPSA) is 15.8 Å². The van der Waals surface area contributed by atoms with E-state index in [2.05, 4.69) is 31.8 Å². The predicted octanol–water partition coefficient (Wildman–Crippen LogP) is 3.69. The lowest BCUT2D eigenvalue weighted by Crippen LogP contribution is -1.90. The SMILES string of the molecule is Cc1[nH]ccc1CCCCC(C)C. The van der Waals surface area contributed by atoms with Crippen LogP contribution < -0.4 is 0 Å². The molecule has 0 amide bonds. The van der Waals surface area contributed by atoms with Crippen LogP contribution in [0.1, 0.15) is 44.4 Å². The summed E-state index contributed by atoms with van der Waals surface area (Å²) in [6.07, 6.45) is 7.33. The van der Waals surface area contributed by atoms with Gasteiger partial charge in [0.25, 0.3) is 0 Å². The molecule has 1 aromatic heterocycles. The van der Waals surface area contributed by atoms with Gasteiger partial charge in [0.1, 0.15) is 0 Å². The highest BCUT2D eigenvalue weighted by atomic mass is 14.7. The van der Waals surface area contributed by atoms with Crippen molar-refractivity contribution < 1.29 is 0 Å². The highest BCUT2D eigenvalue weighted by Crippen LogP contribution is 2.12. The van der Waals surface area contributed by atoms with Crippen molar-refractivity contribution in [3.63, 3.8) is 0 Å². The summed E-state index contributed by atoms with van der Waals surface area (Å²) >= 11 is 0. The van der Waals surface area contributed by atoms with E-state index in [9.17, 15) is 0 Å². The zero-order valence-corrected chi connectivity index (χ0v) is 9.06. The number of nitrogens with one attached hydrogen (secondary N) is 1. The van der Waals surface area contributed by atoms with Crippen LogP contribution >= 0.6 is 0 Å². The number of hydrogen-bond donors (Lipinski definition) is 1. The second-order valence-electron chi connectivity index (χ2n) is 4.27. The van der Waals surface area contributed by atoms with Crippen molar-refractivity contribution in [1.29, 1.82) is 0 Å². The summed E-state index contributed by atoms with van der Waals surface area (Å²) in [5, 5.41) is 0. The summed E-state index contributed by atoms with van der Waals surface area (Å²) < 4.78 is 0. The molecule has 0 aliphatic heterocycles. The minimum atomic E-state index is 0.854. The molecule has 0 saturated carbocycles. The minimum absolute atomic E-state index is 0.854. The van der Waals surface area contributed by atoms with E-state index < -0.39 is 0 Å². The molecule has 0 unspecified atom stereocenters. The summed E-state index contributed by atoms with van der Waals surface area (Å²) in [6, 6.07) is 2.20. The van der Waals surface area contributed by atoms with E-state index >= 15 is 0 Å². The van der Waals surface area contributed by atoms with Crippen molar-refractivity contribution in [3.8, 4) is 0 Å². The molecule has 1 heteroatoms. The van der Waals surface area contributed by atoms with Gasteiger partial charge in [-0.1, -0.05) is 26.7 Å². The molecule has 0 bridgehead atoms. The standard InChI is InChI=1S/C12H21N/c1-10(2)6-4-5-7-12-8-9-13-11(12)3/h8-10,13H,4-7H2,1-3H3. The van der Waals surface area contributed by atoms with E-state index in [1.54, 1.807) is 0 Å². The lowest BCUT2D eigenvalue weighted by molar-refractivity contribution is 0.538. The molecular weight excluding hydrogens is 158 g/mol. The van der Waals surface area contributed by atoms with Crippen LogP contribution in [-0.2, 0) is 6.42 Å². The van der Waals surface area contributed by atoms with Gasteiger partial charge in [0, 0.05) is 11.9 Å². The van der Waals surface area contributed by atoms with Crippen LogP contribution in [0.2, 0.25) is 0 Å². The number of hydrogen-bond acceptors (Lipinski definition) is 0. The maximum atomic E-state index is 3.22. The van der Waals surface area contributed by atoms with Crippen LogP contribution in [-0.4, -0.2) is 4.98 Å². The Labute approximate surface area is 81.6 Å². The molecule has 0 aliphatic carbocycles. The average molecular weight is 179 g/mol. The molecule has 1 aromatic rings. The zero-order chi connectivity index (χ0) is 9.68. The lowest BCUT2D eigenvalue weighted by atomic mass is 10.0. The number of aromatic amines is 1. The quantitative estimate of drug-likeness (QED) is 0.663. The first kappa shape index (κ1) is 10.4. The molecule has 1 nitrogen and oxygen atoms in total. The van der Waals surface area contributed by atoms with Crippen molar-refractivity contribution in [1.82, 2.24) is 4.98 Å². The summed E-state index contributed by atoms with van der Waals surface area (Å²) in [4.78, 5) is 3.22. The van der Waals surface area contributed by atoms with Gasteiger partial charge in [-0.15, -0.1) is 0 Å². The van der Waals surface area contributed by atoms with Gasteiger partial charge >= 0.3 is 0 Å². The second kappa shape index (κ2) is 5.11. The van der Waals surface area contributed by atoms with Crippen LogP contribution in [0.5, 0.6) is 0 Å². The Balaban J connectivity index is 2.17. The normalized spacial score (nSPS) is 11.1. The predicted molar refractivity (Wildman–Crippen MR) is 57.9 cm³/mol. The van der Waals surface area contributed by atoms with E-state index in [0.717, 1.165) is 5.92 Å². The van der Waals surface area contributed by atoms with E-state index in [1.165, 1.54) is 36.9 Å². The van der Waals surface area contributed by atoms with Gasteiger partial charge in [0.05, 0.1) is 0 Å². The summed E-state index contributed by atoms with van der Waals surface area (Å²) in [6.45, 7) is 6.74. The molecule has 0 aromatic carbocycles. The molecule has 0 radical (unpaired) electrons. The van der Waals surface area contributed by atoms with Gasteiger partial charge in [-0.05, 0) is 37.3 Å². The van der Waals surface area contributed by atoms with Crippen molar-refractivity contribution in [2.75, 3.05) is 0 Å². The minimum Gasteiger partial charge on any atom is -0.365 e. The molecule has 0 aliphatic rings. The molecule has 1 rings (SSSR count). The van der Waals surface area contributed by atoms with Gasteiger partial charge in [-0.2, -0.15) is 0 Å². The lowest BCUT2D eigenvalue weighted by Gasteiger charge is -2.03. The van der Waals surface area contributed by atoms with Crippen molar-refractivity contribution in [2.45, 2.75) is 46.5 Å². The Bertz CT molecular complexity index is 235. The first-order valence-corrected chi connectivity index (χ1v) is 5.33. The monoisotopic (exact) mass is 179 g/mol. The first-order valence-electron chi connectivity index (χ1n) is 5.33. The maximum Gasteiger partial charge on any atom is 0.0148 e. The Morgan fingerprint density at radius 3 is 2.62 bits per heavy atom. The molecule has 13 heavy (non-hydrogen) atoms. The third-order valence-corrected chi connectivity index (χ3v) is 2.54. The fourth-order valence-electron chi connectivity index (χ4n) is 1.62. The van der Waals surface area contributed by atoms with E-state index in [-0.39, 0.29) is 0 Å². The molecule has 0 atom stereocenters. The van der Waals surface area contributed by atoms with Crippen LogP contribution in [0, 0.1) is 12.8 Å². The fourth-order valence-corrected chi connectivity index (χ4v) is 1.62. The van der Waals surface area contributed by atoms with Crippen molar-refractivity contribution >= 4 is 0 Å². The number of aryl methyl sites for hydroxylation is 2. The molecule has 1 N–H and O–H groups in total. The number of unbranched alkanes of at least 4 members (excludes halogenated alkanes) is 1. The van der Waals surface area contributed by atoms with E-state index in [4.69, 9.17) is 0 Å². The van der Waals surface area contributed by atoms with Gasteiger partial charge < -0.3 is 4.98 Å². The van der Waals surface area contributed by atoms with Gasteiger partial charge in [0.15, 0.2) is 0 Å². The Hall–Kier alpha value is -0.720. The van der Waals surface area contributed by atoms with Gasteiger partial charge in [0.2, 0.25) is 0 Å². The average Bonchev–Trinajstić information content (AvgIpc) is 2.45. The molecule has 0 fully saturated rings. The van der Waals surface area contributed by atoms with Crippen molar-refractivity contribution in [3.05, 3.63) is 23.5 Å². The second-order valence-corrected chi connectivity index (χ2v) is 4.27. The fraction of sp³-hybridized carbons (Fsp3) is 0.667. The van der Waals surface area contributed by atoms with Crippen LogP contribution in [0.4, 0.5) is 0 Å². The molecular formula is C12H21N. The Kier molecular flexibility index (Phi) is 4.07. The highest BCUT2D eigenvalue weighted by molar-refractivity contribution is 5.18. The van der Waals surface area contributed by atoms with Crippen LogP contribution in [0.3, 0.4) is 0 Å². The zero-order valence-electron chi connectivity index (χ0n) is 9.06. The molecule has 1 heterocycles. The third kappa shape index (κ3) is 3.67. The van der Waals surface area contributed by atoms with E-state index in [1.807, 2.05) is 6.20 Å². The number of aromatic nitrogens is 1. The van der Waals surface area contributed by atoms with Crippen molar-refractivity contribution in [2.24, 2.45) is 5.92 Å². The van der Waals surface area contributed by atoms with Crippen LogP contribution in [0.15, 0.2) is 12.3 Å². The van der Waals surface area contributed by atoms with Gasteiger partial charge in [-0.3, -0.25) is 0 Å². The van der Waals surface area contributed by atoms with Gasteiger partial charge in [-0.25, -0.2) is 0 Å². The third-order valence-electron chi connectivity index (χ3n) is 2.54. The Morgan fingerprint density at radius 2 is 2.08 bits per heavy atom. The highest BCUT2D eigenvalue weighted by Gasteiger charge is 1.99. The maximum absolute atomic E-state index is 3.22. The Morgan fingerprint density at radius 1 is 1.31 bits per heavy atom. The smallest absolute Gasteiger partial charge is 0.0148 e. The largest absolute Gasteiger partial charge is 0.365 e.